The highest BCUT2D eigenvalue weighted by Crippen LogP contribution is 2.21. The highest BCUT2D eigenvalue weighted by Gasteiger charge is 2.25. The minimum absolute atomic E-state index is 0.0239. The summed E-state index contributed by atoms with van der Waals surface area (Å²) in [5.41, 5.74) is 5.05. The molecule has 0 bridgehead atoms. The second-order valence-electron chi connectivity index (χ2n) is 9.72. The first kappa shape index (κ1) is 30.5. The van der Waals surface area contributed by atoms with Gasteiger partial charge in [0.2, 0.25) is 0 Å². The third-order valence-corrected chi connectivity index (χ3v) is 7.82. The molecule has 4 aromatic rings. The lowest BCUT2D eigenvalue weighted by atomic mass is 10.2. The van der Waals surface area contributed by atoms with E-state index in [2.05, 4.69) is 16.6 Å². The zero-order valence-corrected chi connectivity index (χ0v) is 24.4. The van der Waals surface area contributed by atoms with Crippen LogP contribution in [0.4, 0.5) is 5.82 Å². The summed E-state index contributed by atoms with van der Waals surface area (Å²) in [5.74, 6) is -2.07. The van der Waals surface area contributed by atoms with Gasteiger partial charge in [0.1, 0.15) is 17.9 Å². The largest absolute Gasteiger partial charge is 0.468 e. The van der Waals surface area contributed by atoms with Crippen molar-refractivity contribution in [1.82, 2.24) is 18.7 Å². The van der Waals surface area contributed by atoms with Gasteiger partial charge in [0, 0.05) is 6.54 Å². The molecule has 0 atom stereocenters. The number of nitrogen functional groups attached to an aromatic ring is 1. The number of carbonyl (C=O) groups is 2. The molecular formula is C30H33N5O6S. The number of ketones is 1. The average molecular weight is 592 g/mol. The molecular weight excluding hydrogens is 558 g/mol. The van der Waals surface area contributed by atoms with Gasteiger partial charge in [-0.3, -0.25) is 28.3 Å². The first-order valence-corrected chi connectivity index (χ1v) is 14.6. The number of unbranched alkanes of at least 4 members (excludes halogenated alkanes) is 3. The predicted molar refractivity (Wildman–Crippen MR) is 162 cm³/mol. The molecule has 11 nitrogen and oxygen atoms in total. The lowest BCUT2D eigenvalue weighted by Gasteiger charge is -2.16. The van der Waals surface area contributed by atoms with Crippen LogP contribution in [0.3, 0.4) is 0 Å². The number of aromatic nitrogens is 4. The van der Waals surface area contributed by atoms with Gasteiger partial charge in [0.05, 0.1) is 30.3 Å². The highest BCUT2D eigenvalue weighted by atomic mass is 32.2. The predicted octanol–water partition coefficient (Wildman–Crippen LogP) is 3.08. The molecule has 0 radical (unpaired) electrons. The van der Waals surface area contributed by atoms with Crippen molar-refractivity contribution in [3.05, 3.63) is 96.9 Å². The van der Waals surface area contributed by atoms with E-state index >= 15 is 0 Å². The summed E-state index contributed by atoms with van der Waals surface area (Å²) in [6.07, 6.45) is 3.79. The summed E-state index contributed by atoms with van der Waals surface area (Å²) in [6.45, 7) is 1.83. The van der Waals surface area contributed by atoms with Crippen molar-refractivity contribution in [2.45, 2.75) is 57.4 Å². The fourth-order valence-corrected chi connectivity index (χ4v) is 5.48. The molecule has 0 fully saturated rings. The lowest BCUT2D eigenvalue weighted by molar-refractivity contribution is -0.141. The van der Waals surface area contributed by atoms with E-state index in [4.69, 9.17) is 5.73 Å². The van der Waals surface area contributed by atoms with E-state index in [1.807, 2.05) is 6.07 Å². The van der Waals surface area contributed by atoms with E-state index in [0.717, 1.165) is 49.1 Å². The number of hydrogen-bond donors (Lipinski definition) is 1. The van der Waals surface area contributed by atoms with Crippen LogP contribution in [0, 0.1) is 0 Å². The number of methoxy groups -OCH3 is 1. The third kappa shape index (κ3) is 6.71. The van der Waals surface area contributed by atoms with Crippen LogP contribution < -0.4 is 22.5 Å². The number of para-hydroxylation sites is 1. The van der Waals surface area contributed by atoms with Crippen molar-refractivity contribution in [2.75, 3.05) is 18.6 Å². The van der Waals surface area contributed by atoms with Gasteiger partial charge in [-0.25, -0.2) is 14.3 Å². The van der Waals surface area contributed by atoms with E-state index in [-0.39, 0.29) is 23.7 Å². The number of hydrogen-bond acceptors (Lipinski definition) is 9. The molecule has 2 N–H and O–H groups in total. The van der Waals surface area contributed by atoms with Crippen LogP contribution in [0.2, 0.25) is 0 Å². The van der Waals surface area contributed by atoms with Crippen LogP contribution in [-0.4, -0.2) is 43.3 Å². The molecule has 12 heteroatoms. The lowest BCUT2D eigenvalue weighted by Crippen LogP contribution is -2.45. The Morgan fingerprint density at radius 2 is 1.62 bits per heavy atom. The number of anilines is 1. The second kappa shape index (κ2) is 13.9. The topological polar surface area (TPSA) is 148 Å². The Hall–Kier alpha value is -4.45. The molecule has 2 aromatic heterocycles. The zero-order valence-electron chi connectivity index (χ0n) is 23.6. The number of carbonyl (C=O) groups excluding carboxylic acids is 2. The highest BCUT2D eigenvalue weighted by molar-refractivity contribution is 7.99. The fraction of sp³-hybridized carbons (Fsp3) is 0.333. The number of nitrogens with two attached hydrogens (primary N) is 1. The van der Waals surface area contributed by atoms with Gasteiger partial charge in [-0.05, 0) is 24.1 Å². The van der Waals surface area contributed by atoms with E-state index in [1.165, 1.54) is 0 Å². The Morgan fingerprint density at radius 3 is 2.33 bits per heavy atom. The van der Waals surface area contributed by atoms with Crippen molar-refractivity contribution >= 4 is 40.2 Å². The third-order valence-electron chi connectivity index (χ3n) is 6.84. The van der Waals surface area contributed by atoms with Crippen LogP contribution in [0.25, 0.3) is 10.9 Å². The van der Waals surface area contributed by atoms with Crippen LogP contribution in [0.5, 0.6) is 0 Å². The van der Waals surface area contributed by atoms with Gasteiger partial charge in [-0.1, -0.05) is 80.4 Å². The smallest absolute Gasteiger partial charge is 0.333 e. The monoisotopic (exact) mass is 591 g/mol. The summed E-state index contributed by atoms with van der Waals surface area (Å²) < 4.78 is 7.96. The number of fused-ring (bicyclic) bond motifs is 1. The molecule has 42 heavy (non-hydrogen) atoms. The Balaban J connectivity index is 1.73. The maximum atomic E-state index is 13.6. The number of benzene rings is 2. The number of Topliss-reactive ketones (excluding diaryl/α,β-unsaturated/α-hetero) is 1. The standard InChI is InChI=1S/C30H33N5O6S/c1-3-4-5-11-16-33-27(38)21-14-9-10-15-22(21)32-29(33)42-19-23(36)25-26(31)34(17-20-12-7-6-8-13-20)30(40)35(28(25)39)18-24(37)41-2/h6-10,12-15H,3-5,11,16-19,31H2,1-2H3. The molecule has 0 aliphatic heterocycles. The van der Waals surface area contributed by atoms with Gasteiger partial charge >= 0.3 is 11.7 Å². The SMILES string of the molecule is CCCCCCn1c(SCC(=O)c2c(N)n(Cc3ccccc3)c(=O)n(CC(=O)OC)c2=O)nc2ccccc2c1=O. The van der Waals surface area contributed by atoms with Crippen molar-refractivity contribution in [1.29, 1.82) is 0 Å². The van der Waals surface area contributed by atoms with Gasteiger partial charge < -0.3 is 10.5 Å². The van der Waals surface area contributed by atoms with Crippen molar-refractivity contribution in [3.63, 3.8) is 0 Å². The van der Waals surface area contributed by atoms with E-state index in [1.54, 1.807) is 53.1 Å². The molecule has 0 spiro atoms. The Kier molecular flexibility index (Phi) is 10.1. The summed E-state index contributed by atoms with van der Waals surface area (Å²) in [7, 11) is 1.13. The Bertz CT molecular complexity index is 1780. The molecule has 0 saturated carbocycles. The zero-order chi connectivity index (χ0) is 30.2. The molecule has 0 saturated heterocycles. The minimum atomic E-state index is -0.985. The van der Waals surface area contributed by atoms with Crippen LogP contribution in [0.15, 0.2) is 74.1 Å². The summed E-state index contributed by atoms with van der Waals surface area (Å²) in [5, 5.41) is 0.821. The molecule has 0 aliphatic carbocycles. The molecule has 220 valence electrons. The van der Waals surface area contributed by atoms with Gasteiger partial charge in [-0.15, -0.1) is 0 Å². The molecule has 0 unspecified atom stereocenters. The summed E-state index contributed by atoms with van der Waals surface area (Å²) in [6, 6.07) is 15.9. The first-order chi connectivity index (χ1) is 20.3. The van der Waals surface area contributed by atoms with Crippen LogP contribution >= 0.6 is 11.8 Å². The second-order valence-corrected chi connectivity index (χ2v) is 10.7. The Morgan fingerprint density at radius 1 is 0.905 bits per heavy atom. The van der Waals surface area contributed by atoms with Gasteiger partial charge in [-0.2, -0.15) is 0 Å². The average Bonchev–Trinajstić information content (AvgIpc) is 3.00. The normalized spacial score (nSPS) is 11.1. The van der Waals surface area contributed by atoms with E-state index < -0.39 is 35.1 Å². The van der Waals surface area contributed by atoms with E-state index in [0.29, 0.717) is 32.7 Å². The number of thioether (sulfide) groups is 1. The first-order valence-electron chi connectivity index (χ1n) is 13.7. The van der Waals surface area contributed by atoms with Crippen LogP contribution in [0.1, 0.15) is 48.5 Å². The van der Waals surface area contributed by atoms with Gasteiger partial charge in [0.25, 0.3) is 11.1 Å². The molecule has 2 aromatic carbocycles. The maximum Gasteiger partial charge on any atom is 0.333 e. The quantitative estimate of drug-likeness (QED) is 0.0814. The fourth-order valence-electron chi connectivity index (χ4n) is 4.58. The van der Waals surface area contributed by atoms with Crippen LogP contribution in [-0.2, 0) is 29.2 Å². The molecule has 2 heterocycles. The number of nitrogens with zero attached hydrogens (tertiary/aromatic N) is 4. The van der Waals surface area contributed by atoms with E-state index in [9.17, 15) is 24.0 Å². The summed E-state index contributed by atoms with van der Waals surface area (Å²) >= 11 is 1.02. The van der Waals surface area contributed by atoms with Crippen molar-refractivity contribution in [2.24, 2.45) is 0 Å². The Labute approximate surface area is 245 Å². The van der Waals surface area contributed by atoms with Crippen molar-refractivity contribution in [3.8, 4) is 0 Å². The number of rotatable bonds is 13. The number of esters is 1. The minimum Gasteiger partial charge on any atom is -0.468 e. The maximum absolute atomic E-state index is 13.6. The molecule has 0 aliphatic rings. The van der Waals surface area contributed by atoms with Crippen molar-refractivity contribution < 1.29 is 14.3 Å². The molecule has 4 rings (SSSR count). The number of ether oxygens (including phenoxy) is 1. The molecule has 0 amide bonds. The van der Waals surface area contributed by atoms with Gasteiger partial charge in [0.15, 0.2) is 10.9 Å². The summed E-state index contributed by atoms with van der Waals surface area (Å²) in [4.78, 5) is 70.2.